The van der Waals surface area contributed by atoms with Crippen molar-refractivity contribution in [3.05, 3.63) is 83.7 Å². The molecule has 2 atom stereocenters. The van der Waals surface area contributed by atoms with E-state index in [-0.39, 0.29) is 17.7 Å². The van der Waals surface area contributed by atoms with Crippen LogP contribution in [0.1, 0.15) is 29.9 Å². The molecule has 0 radical (unpaired) electrons. The topological polar surface area (TPSA) is 43.8 Å². The zero-order valence-corrected chi connectivity index (χ0v) is 18.9. The summed E-state index contributed by atoms with van der Waals surface area (Å²) in [4.78, 5) is 16.8. The number of benzene rings is 3. The summed E-state index contributed by atoms with van der Waals surface area (Å²) in [6, 6.07) is 21.7. The van der Waals surface area contributed by atoms with E-state index in [0.29, 0.717) is 12.5 Å². The highest BCUT2D eigenvalue weighted by Crippen LogP contribution is 2.32. The molecule has 3 aromatic carbocycles. The Labute approximate surface area is 194 Å². The minimum absolute atomic E-state index is 0.139. The summed E-state index contributed by atoms with van der Waals surface area (Å²) >= 11 is 0. The molecule has 1 unspecified atom stereocenters. The number of carboxylic acid groups (broad SMARTS) is 1. The summed E-state index contributed by atoms with van der Waals surface area (Å²) in [6.45, 7) is 4.98. The van der Waals surface area contributed by atoms with E-state index in [1.54, 1.807) is 12.1 Å². The van der Waals surface area contributed by atoms with Crippen molar-refractivity contribution in [2.45, 2.75) is 25.3 Å². The van der Waals surface area contributed by atoms with Crippen molar-refractivity contribution in [3.8, 4) is 0 Å². The van der Waals surface area contributed by atoms with Crippen LogP contribution in [0.2, 0.25) is 0 Å². The molecule has 5 rings (SSSR count). The average molecular weight is 447 g/mol. The number of carboxylic acids is 1. The molecule has 172 valence electrons. The van der Waals surface area contributed by atoms with Gasteiger partial charge in [0, 0.05) is 26.2 Å². The first-order chi connectivity index (χ1) is 16.1. The fourth-order valence-electron chi connectivity index (χ4n) is 5.74. The van der Waals surface area contributed by atoms with E-state index in [9.17, 15) is 14.3 Å². The number of likely N-dealkylation sites (tertiary alicyclic amines) is 2. The SMILES string of the molecule is O=C(O)[C@@H]1CN(Cc2cccc3ccccc23)CC1CN1CCC(c2ccc(F)cc2)CC1. The van der Waals surface area contributed by atoms with Gasteiger partial charge in [-0.3, -0.25) is 9.69 Å². The first-order valence-electron chi connectivity index (χ1n) is 12.0. The first kappa shape index (κ1) is 22.1. The van der Waals surface area contributed by atoms with Gasteiger partial charge in [-0.1, -0.05) is 54.6 Å². The molecule has 2 aliphatic rings. The van der Waals surface area contributed by atoms with Crippen molar-refractivity contribution in [3.63, 3.8) is 0 Å². The monoisotopic (exact) mass is 446 g/mol. The predicted octanol–water partition coefficient (Wildman–Crippen LogP) is 4.99. The molecular weight excluding hydrogens is 415 g/mol. The molecule has 2 aliphatic heterocycles. The summed E-state index contributed by atoms with van der Waals surface area (Å²) in [5.41, 5.74) is 2.47. The third kappa shape index (κ3) is 4.94. The minimum Gasteiger partial charge on any atom is -0.481 e. The lowest BCUT2D eigenvalue weighted by molar-refractivity contribution is -0.142. The van der Waals surface area contributed by atoms with Crippen LogP contribution in [0.5, 0.6) is 0 Å². The summed E-state index contributed by atoms with van der Waals surface area (Å²) in [6.07, 6.45) is 2.08. The van der Waals surface area contributed by atoms with Crippen LogP contribution in [0.3, 0.4) is 0 Å². The Morgan fingerprint density at radius 2 is 1.64 bits per heavy atom. The van der Waals surface area contributed by atoms with Crippen LogP contribution in [0.25, 0.3) is 10.8 Å². The van der Waals surface area contributed by atoms with E-state index in [0.717, 1.165) is 45.6 Å². The minimum atomic E-state index is -0.679. The van der Waals surface area contributed by atoms with E-state index in [1.807, 2.05) is 12.1 Å². The van der Waals surface area contributed by atoms with Crippen LogP contribution >= 0.6 is 0 Å². The van der Waals surface area contributed by atoms with Crippen molar-refractivity contribution in [1.82, 2.24) is 9.80 Å². The standard InChI is InChI=1S/C28H31FN2O2/c29-25-10-8-20(9-11-25)21-12-14-30(15-13-21)17-24-18-31(19-27(24)28(32)33)16-23-6-3-5-22-4-1-2-7-26(22)23/h1-11,21,24,27H,12-19H2,(H,32,33)/t24?,27-/m1/s1. The number of carbonyl (C=O) groups is 1. The number of nitrogens with zero attached hydrogens (tertiary/aromatic N) is 2. The number of fused-ring (bicyclic) bond motifs is 1. The highest BCUT2D eigenvalue weighted by Gasteiger charge is 2.39. The van der Waals surface area contributed by atoms with Crippen molar-refractivity contribution in [2.24, 2.45) is 11.8 Å². The van der Waals surface area contributed by atoms with E-state index in [4.69, 9.17) is 0 Å². The van der Waals surface area contributed by atoms with Crippen LogP contribution in [0, 0.1) is 17.7 Å². The molecule has 0 saturated carbocycles. The van der Waals surface area contributed by atoms with Crippen LogP contribution in [-0.4, -0.2) is 53.6 Å². The lowest BCUT2D eigenvalue weighted by atomic mass is 9.88. The number of aliphatic carboxylic acids is 1. The van der Waals surface area contributed by atoms with Gasteiger partial charge in [0.05, 0.1) is 5.92 Å². The number of rotatable bonds is 6. The fraction of sp³-hybridized carbons (Fsp3) is 0.393. The van der Waals surface area contributed by atoms with Crippen LogP contribution in [0.4, 0.5) is 4.39 Å². The van der Waals surface area contributed by atoms with Gasteiger partial charge in [0.1, 0.15) is 5.82 Å². The molecule has 2 fully saturated rings. The molecule has 0 aliphatic carbocycles. The molecule has 0 aromatic heterocycles. The lowest BCUT2D eigenvalue weighted by Crippen LogP contribution is -2.39. The Morgan fingerprint density at radius 1 is 0.909 bits per heavy atom. The fourth-order valence-corrected chi connectivity index (χ4v) is 5.74. The summed E-state index contributed by atoms with van der Waals surface area (Å²) in [5, 5.41) is 12.4. The van der Waals surface area contributed by atoms with Gasteiger partial charge >= 0.3 is 5.97 Å². The van der Waals surface area contributed by atoms with E-state index in [2.05, 4.69) is 52.3 Å². The molecule has 0 spiro atoms. The van der Waals surface area contributed by atoms with Gasteiger partial charge < -0.3 is 10.0 Å². The lowest BCUT2D eigenvalue weighted by Gasteiger charge is -2.34. The molecule has 2 saturated heterocycles. The van der Waals surface area contributed by atoms with Crippen molar-refractivity contribution in [1.29, 1.82) is 0 Å². The van der Waals surface area contributed by atoms with Crippen molar-refractivity contribution in [2.75, 3.05) is 32.7 Å². The van der Waals surface area contributed by atoms with Crippen molar-refractivity contribution < 1.29 is 14.3 Å². The molecule has 0 amide bonds. The normalized spacial score (nSPS) is 22.7. The van der Waals surface area contributed by atoms with Gasteiger partial charge in [-0.15, -0.1) is 0 Å². The third-order valence-electron chi connectivity index (χ3n) is 7.53. The molecule has 0 bridgehead atoms. The molecular formula is C28H31FN2O2. The maximum absolute atomic E-state index is 13.2. The Bertz CT molecular complexity index is 1100. The second kappa shape index (κ2) is 9.62. The zero-order chi connectivity index (χ0) is 22.8. The van der Waals surface area contributed by atoms with Gasteiger partial charge in [-0.25, -0.2) is 4.39 Å². The molecule has 33 heavy (non-hydrogen) atoms. The Balaban J connectivity index is 1.21. The predicted molar refractivity (Wildman–Crippen MR) is 129 cm³/mol. The highest BCUT2D eigenvalue weighted by atomic mass is 19.1. The van der Waals surface area contributed by atoms with Crippen LogP contribution in [0.15, 0.2) is 66.7 Å². The number of hydrogen-bond acceptors (Lipinski definition) is 3. The number of hydrogen-bond donors (Lipinski definition) is 1. The van der Waals surface area contributed by atoms with Crippen molar-refractivity contribution >= 4 is 16.7 Å². The third-order valence-corrected chi connectivity index (χ3v) is 7.53. The van der Waals surface area contributed by atoms with Crippen LogP contribution in [-0.2, 0) is 11.3 Å². The van der Waals surface area contributed by atoms with Gasteiger partial charge in [0.2, 0.25) is 0 Å². The van der Waals surface area contributed by atoms with E-state index >= 15 is 0 Å². The van der Waals surface area contributed by atoms with Gasteiger partial charge in [0.15, 0.2) is 0 Å². The maximum Gasteiger partial charge on any atom is 0.308 e. The molecule has 5 heteroatoms. The van der Waals surface area contributed by atoms with Gasteiger partial charge in [-0.05, 0) is 71.8 Å². The highest BCUT2D eigenvalue weighted by molar-refractivity contribution is 5.85. The molecule has 3 aromatic rings. The Hall–Kier alpha value is -2.76. The van der Waals surface area contributed by atoms with Gasteiger partial charge in [-0.2, -0.15) is 0 Å². The second-order valence-electron chi connectivity index (χ2n) is 9.66. The smallest absolute Gasteiger partial charge is 0.308 e. The molecule has 1 N–H and O–H groups in total. The second-order valence-corrected chi connectivity index (χ2v) is 9.66. The van der Waals surface area contributed by atoms with E-state index in [1.165, 1.54) is 21.9 Å². The summed E-state index contributed by atoms with van der Waals surface area (Å²) < 4.78 is 13.2. The largest absolute Gasteiger partial charge is 0.481 e. The summed E-state index contributed by atoms with van der Waals surface area (Å²) in [5.74, 6) is -0.593. The summed E-state index contributed by atoms with van der Waals surface area (Å²) in [7, 11) is 0. The zero-order valence-electron chi connectivity index (χ0n) is 18.9. The number of piperidine rings is 1. The first-order valence-corrected chi connectivity index (χ1v) is 12.0. The average Bonchev–Trinajstić information content (AvgIpc) is 3.23. The quantitative estimate of drug-likeness (QED) is 0.579. The van der Waals surface area contributed by atoms with Gasteiger partial charge in [0.25, 0.3) is 0 Å². The Kier molecular flexibility index (Phi) is 6.43. The maximum atomic E-state index is 13.2. The Morgan fingerprint density at radius 3 is 2.39 bits per heavy atom. The molecule has 4 nitrogen and oxygen atoms in total. The molecule has 2 heterocycles. The van der Waals surface area contributed by atoms with E-state index < -0.39 is 5.97 Å². The van der Waals surface area contributed by atoms with Crippen LogP contribution < -0.4 is 0 Å². The number of halogens is 1.